The van der Waals surface area contributed by atoms with E-state index in [0.717, 1.165) is 32.1 Å². The molecule has 2 aliphatic rings. The van der Waals surface area contributed by atoms with E-state index < -0.39 is 10.2 Å². The first kappa shape index (κ1) is 15.2. The highest BCUT2D eigenvalue weighted by molar-refractivity contribution is 7.86. The van der Waals surface area contributed by atoms with Crippen LogP contribution < -0.4 is 0 Å². The normalized spacial score (nSPS) is 28.6. The molecule has 0 aliphatic carbocycles. The van der Waals surface area contributed by atoms with Crippen molar-refractivity contribution in [3.05, 3.63) is 0 Å². The predicted molar refractivity (Wildman–Crippen MR) is 72.0 cm³/mol. The van der Waals surface area contributed by atoms with Gasteiger partial charge in [0.1, 0.15) is 0 Å². The minimum atomic E-state index is -3.43. The molecular weight excluding hydrogens is 268 g/mol. The van der Waals surface area contributed by atoms with Crippen molar-refractivity contribution >= 4 is 10.2 Å². The van der Waals surface area contributed by atoms with E-state index in [1.807, 2.05) is 0 Å². The number of aliphatic hydroxyl groups excluding tert-OH is 1. The van der Waals surface area contributed by atoms with Crippen LogP contribution in [0.25, 0.3) is 0 Å². The summed E-state index contributed by atoms with van der Waals surface area (Å²) in [6.07, 6.45) is 4.28. The Balaban J connectivity index is 2.05. The molecule has 7 heteroatoms. The van der Waals surface area contributed by atoms with Crippen molar-refractivity contribution in [2.24, 2.45) is 0 Å². The van der Waals surface area contributed by atoms with Crippen molar-refractivity contribution in [3.63, 3.8) is 0 Å². The van der Waals surface area contributed by atoms with Gasteiger partial charge in [-0.25, -0.2) is 0 Å². The van der Waals surface area contributed by atoms with Crippen molar-refractivity contribution in [2.45, 2.75) is 44.2 Å². The predicted octanol–water partition coefficient (Wildman–Crippen LogP) is 0.189. The second-order valence-electron chi connectivity index (χ2n) is 5.28. The second-order valence-corrected chi connectivity index (χ2v) is 7.17. The molecule has 112 valence electrons. The van der Waals surface area contributed by atoms with E-state index in [9.17, 15) is 13.5 Å². The van der Waals surface area contributed by atoms with Gasteiger partial charge in [-0.3, -0.25) is 0 Å². The monoisotopic (exact) mass is 292 g/mol. The molecule has 0 aromatic carbocycles. The van der Waals surface area contributed by atoms with Crippen molar-refractivity contribution in [3.8, 4) is 0 Å². The van der Waals surface area contributed by atoms with Crippen LogP contribution in [0.3, 0.4) is 0 Å². The molecule has 2 aliphatic heterocycles. The quantitative estimate of drug-likeness (QED) is 0.803. The molecule has 2 fully saturated rings. The van der Waals surface area contributed by atoms with E-state index in [4.69, 9.17) is 4.74 Å². The molecule has 2 saturated heterocycles. The Labute approximate surface area is 115 Å². The van der Waals surface area contributed by atoms with Crippen LogP contribution in [0.5, 0.6) is 0 Å². The smallest absolute Gasteiger partial charge is 0.282 e. The molecule has 6 nitrogen and oxygen atoms in total. The number of nitrogens with zero attached hydrogens (tertiary/aromatic N) is 2. The van der Waals surface area contributed by atoms with Gasteiger partial charge in [0.05, 0.1) is 12.7 Å². The highest BCUT2D eigenvalue weighted by Crippen LogP contribution is 2.25. The van der Waals surface area contributed by atoms with Gasteiger partial charge in [0.2, 0.25) is 0 Å². The largest absolute Gasteiger partial charge is 0.395 e. The lowest BCUT2D eigenvalue weighted by Crippen LogP contribution is -2.53. The first-order valence-corrected chi connectivity index (χ1v) is 8.40. The van der Waals surface area contributed by atoms with Crippen molar-refractivity contribution in [2.75, 3.05) is 33.4 Å². The highest BCUT2D eigenvalue weighted by atomic mass is 32.2. The Bertz CT molecular complexity index is 379. The Morgan fingerprint density at radius 1 is 1.16 bits per heavy atom. The average molecular weight is 292 g/mol. The van der Waals surface area contributed by atoms with E-state index in [2.05, 4.69) is 0 Å². The van der Waals surface area contributed by atoms with Gasteiger partial charge in [-0.2, -0.15) is 17.0 Å². The maximum Gasteiger partial charge on any atom is 0.282 e. The third kappa shape index (κ3) is 3.28. The second kappa shape index (κ2) is 6.49. The van der Waals surface area contributed by atoms with Crippen LogP contribution in [-0.2, 0) is 14.9 Å². The lowest BCUT2D eigenvalue weighted by Gasteiger charge is -2.39. The standard InChI is InChI=1S/C12H24N2O4S/c1-18-12-5-8-13(9-6-12)19(16,17)14-7-3-2-4-11(14)10-15/h11-12,15H,2-10H2,1H3. The maximum absolute atomic E-state index is 12.6. The van der Waals surface area contributed by atoms with Gasteiger partial charge >= 0.3 is 0 Å². The van der Waals surface area contributed by atoms with Crippen molar-refractivity contribution in [1.82, 2.24) is 8.61 Å². The fourth-order valence-electron chi connectivity index (χ4n) is 2.91. The summed E-state index contributed by atoms with van der Waals surface area (Å²) in [7, 11) is -1.76. The van der Waals surface area contributed by atoms with E-state index in [1.165, 1.54) is 8.61 Å². The van der Waals surface area contributed by atoms with Crippen molar-refractivity contribution < 1.29 is 18.3 Å². The van der Waals surface area contributed by atoms with Gasteiger partial charge in [-0.15, -0.1) is 0 Å². The third-order valence-corrected chi connectivity index (χ3v) is 6.23. The van der Waals surface area contributed by atoms with Gasteiger partial charge in [-0.05, 0) is 25.7 Å². The lowest BCUT2D eigenvalue weighted by atomic mass is 10.1. The fraction of sp³-hybridized carbons (Fsp3) is 1.00. The number of ether oxygens (including phenoxy) is 1. The van der Waals surface area contributed by atoms with Crippen LogP contribution in [0.2, 0.25) is 0 Å². The number of hydrogen-bond donors (Lipinski definition) is 1. The summed E-state index contributed by atoms with van der Waals surface area (Å²) in [5, 5.41) is 9.36. The van der Waals surface area contributed by atoms with E-state index in [1.54, 1.807) is 7.11 Å². The summed E-state index contributed by atoms with van der Waals surface area (Å²) in [6.45, 7) is 1.45. The summed E-state index contributed by atoms with van der Waals surface area (Å²) in [4.78, 5) is 0. The Hall–Kier alpha value is -0.210. The first-order chi connectivity index (χ1) is 9.09. The number of aliphatic hydroxyl groups is 1. The van der Waals surface area contributed by atoms with Gasteiger partial charge in [-0.1, -0.05) is 6.42 Å². The van der Waals surface area contributed by atoms with Crippen LogP contribution >= 0.6 is 0 Å². The molecule has 2 rings (SSSR count). The molecule has 0 saturated carbocycles. The third-order valence-electron chi connectivity index (χ3n) is 4.14. The molecule has 0 spiro atoms. The topological polar surface area (TPSA) is 70.1 Å². The van der Waals surface area contributed by atoms with E-state index in [-0.39, 0.29) is 18.8 Å². The molecule has 0 aromatic heterocycles. The Morgan fingerprint density at radius 3 is 2.42 bits per heavy atom. The molecule has 0 radical (unpaired) electrons. The van der Waals surface area contributed by atoms with Gasteiger partial charge < -0.3 is 9.84 Å². The minimum absolute atomic E-state index is 0.0895. The van der Waals surface area contributed by atoms with Gasteiger partial charge in [0, 0.05) is 32.8 Å². The molecule has 1 unspecified atom stereocenters. The number of hydrogen-bond acceptors (Lipinski definition) is 4. The Morgan fingerprint density at radius 2 is 1.84 bits per heavy atom. The number of rotatable bonds is 4. The van der Waals surface area contributed by atoms with Crippen LogP contribution in [0.15, 0.2) is 0 Å². The molecule has 2 heterocycles. The summed E-state index contributed by atoms with van der Waals surface area (Å²) < 4.78 is 33.5. The van der Waals surface area contributed by atoms with Crippen LogP contribution in [-0.4, -0.2) is 67.6 Å². The molecule has 1 N–H and O–H groups in total. The van der Waals surface area contributed by atoms with Crippen LogP contribution in [0.4, 0.5) is 0 Å². The SMILES string of the molecule is COC1CCN(S(=O)(=O)N2CCCCC2CO)CC1. The van der Waals surface area contributed by atoms with Crippen LogP contribution in [0, 0.1) is 0 Å². The zero-order chi connectivity index (χ0) is 13.9. The molecule has 0 amide bonds. The maximum atomic E-state index is 12.6. The average Bonchev–Trinajstić information content (AvgIpc) is 2.47. The minimum Gasteiger partial charge on any atom is -0.395 e. The van der Waals surface area contributed by atoms with Gasteiger partial charge in [0.15, 0.2) is 0 Å². The molecule has 0 aromatic rings. The fourth-order valence-corrected chi connectivity index (χ4v) is 4.78. The molecular formula is C12H24N2O4S. The Kier molecular flexibility index (Phi) is 5.19. The number of methoxy groups -OCH3 is 1. The molecule has 19 heavy (non-hydrogen) atoms. The lowest BCUT2D eigenvalue weighted by molar-refractivity contribution is 0.0573. The first-order valence-electron chi connectivity index (χ1n) is 7.00. The van der Waals surface area contributed by atoms with E-state index >= 15 is 0 Å². The number of piperidine rings is 2. The summed E-state index contributed by atoms with van der Waals surface area (Å²) in [5.41, 5.74) is 0. The van der Waals surface area contributed by atoms with Gasteiger partial charge in [0.25, 0.3) is 10.2 Å². The van der Waals surface area contributed by atoms with E-state index in [0.29, 0.717) is 19.6 Å². The zero-order valence-electron chi connectivity index (χ0n) is 11.5. The van der Waals surface area contributed by atoms with Crippen LogP contribution in [0.1, 0.15) is 32.1 Å². The summed E-state index contributed by atoms with van der Waals surface area (Å²) in [6, 6.07) is -0.251. The molecule has 0 bridgehead atoms. The highest BCUT2D eigenvalue weighted by Gasteiger charge is 2.37. The summed E-state index contributed by atoms with van der Waals surface area (Å²) in [5.74, 6) is 0. The zero-order valence-corrected chi connectivity index (χ0v) is 12.3. The van der Waals surface area contributed by atoms with Crippen molar-refractivity contribution in [1.29, 1.82) is 0 Å². The molecule has 1 atom stereocenters. The summed E-state index contributed by atoms with van der Waals surface area (Å²) >= 11 is 0.